The Morgan fingerprint density at radius 2 is 2.31 bits per heavy atom. The summed E-state index contributed by atoms with van der Waals surface area (Å²) in [5.41, 5.74) is 1.22. The average molecular weight is 302 g/mol. The van der Waals surface area contributed by atoms with Gasteiger partial charge in [-0.05, 0) is 60.2 Å². The molecule has 1 saturated carbocycles. The van der Waals surface area contributed by atoms with Gasteiger partial charge in [0.2, 0.25) is 0 Å². The van der Waals surface area contributed by atoms with E-state index in [9.17, 15) is 4.79 Å². The molecule has 0 radical (unpaired) electrons. The van der Waals surface area contributed by atoms with Crippen LogP contribution in [0.25, 0.3) is 0 Å². The van der Waals surface area contributed by atoms with Gasteiger partial charge in [-0.15, -0.1) is 11.3 Å². The molecule has 1 aromatic rings. The lowest BCUT2D eigenvalue weighted by Crippen LogP contribution is -2.52. The third kappa shape index (κ3) is 2.18. The highest BCUT2D eigenvalue weighted by atomic mass is 79.9. The minimum atomic E-state index is 0.0837. The van der Waals surface area contributed by atoms with Crippen LogP contribution in [-0.4, -0.2) is 11.4 Å². The monoisotopic (exact) mass is 301 g/mol. The predicted octanol–water partition coefficient (Wildman–Crippen LogP) is 3.88. The highest BCUT2D eigenvalue weighted by molar-refractivity contribution is 9.11. The van der Waals surface area contributed by atoms with Crippen molar-refractivity contribution in [3.63, 3.8) is 0 Å². The van der Waals surface area contributed by atoms with Crippen LogP contribution in [0.2, 0.25) is 0 Å². The summed E-state index contributed by atoms with van der Waals surface area (Å²) in [6, 6.07) is 1.95. The quantitative estimate of drug-likeness (QED) is 0.902. The summed E-state index contributed by atoms with van der Waals surface area (Å²) in [5, 5.41) is 3.19. The summed E-state index contributed by atoms with van der Waals surface area (Å²) in [5.74, 6) is 0.0837. The molecule has 0 saturated heterocycles. The first-order chi connectivity index (χ1) is 7.56. The molecule has 0 spiro atoms. The van der Waals surface area contributed by atoms with Gasteiger partial charge in [0.1, 0.15) is 0 Å². The van der Waals surface area contributed by atoms with E-state index in [1.165, 1.54) is 17.8 Å². The number of amides is 1. The lowest BCUT2D eigenvalue weighted by molar-refractivity contribution is 0.0824. The van der Waals surface area contributed by atoms with E-state index in [0.29, 0.717) is 0 Å². The number of hydrogen-bond donors (Lipinski definition) is 1. The summed E-state index contributed by atoms with van der Waals surface area (Å²) >= 11 is 4.96. The van der Waals surface area contributed by atoms with Gasteiger partial charge in [0, 0.05) is 5.54 Å². The molecule has 1 aliphatic rings. The molecule has 1 N–H and O–H groups in total. The van der Waals surface area contributed by atoms with Gasteiger partial charge in [-0.3, -0.25) is 4.79 Å². The topological polar surface area (TPSA) is 29.1 Å². The molecule has 0 aliphatic heterocycles. The van der Waals surface area contributed by atoms with Gasteiger partial charge < -0.3 is 5.32 Å². The fraction of sp³-hybridized carbons (Fsp3) is 0.583. The van der Waals surface area contributed by atoms with Crippen LogP contribution in [0, 0.1) is 6.92 Å². The van der Waals surface area contributed by atoms with Crippen molar-refractivity contribution in [3.8, 4) is 0 Å². The van der Waals surface area contributed by atoms with E-state index in [4.69, 9.17) is 0 Å². The predicted molar refractivity (Wildman–Crippen MR) is 71.1 cm³/mol. The fourth-order valence-corrected chi connectivity index (χ4v) is 3.47. The Hall–Kier alpha value is -0.350. The van der Waals surface area contributed by atoms with Crippen LogP contribution in [0.3, 0.4) is 0 Å². The number of rotatable bonds is 3. The molecule has 2 nitrogen and oxygen atoms in total. The lowest BCUT2D eigenvalue weighted by atomic mass is 9.75. The summed E-state index contributed by atoms with van der Waals surface area (Å²) in [4.78, 5) is 12.9. The second-order valence-corrected chi connectivity index (χ2v) is 6.88. The molecule has 88 valence electrons. The van der Waals surface area contributed by atoms with Crippen LogP contribution >= 0.6 is 27.3 Å². The summed E-state index contributed by atoms with van der Waals surface area (Å²) < 4.78 is 1.05. The fourth-order valence-electron chi connectivity index (χ4n) is 2.04. The van der Waals surface area contributed by atoms with Crippen molar-refractivity contribution in [2.24, 2.45) is 0 Å². The highest BCUT2D eigenvalue weighted by Crippen LogP contribution is 2.35. The van der Waals surface area contributed by atoms with Crippen molar-refractivity contribution >= 4 is 33.2 Å². The first-order valence-corrected chi connectivity index (χ1v) is 7.26. The Labute approximate surface area is 109 Å². The van der Waals surface area contributed by atoms with Crippen molar-refractivity contribution in [1.29, 1.82) is 0 Å². The molecule has 1 aliphatic carbocycles. The van der Waals surface area contributed by atoms with Crippen LogP contribution in [0.5, 0.6) is 0 Å². The van der Waals surface area contributed by atoms with E-state index in [-0.39, 0.29) is 11.4 Å². The number of aryl methyl sites for hydroxylation is 1. The van der Waals surface area contributed by atoms with E-state index in [0.717, 1.165) is 33.5 Å². The number of carbonyl (C=O) groups is 1. The van der Waals surface area contributed by atoms with Crippen molar-refractivity contribution in [2.45, 2.75) is 45.1 Å². The molecule has 0 atom stereocenters. The minimum Gasteiger partial charge on any atom is -0.346 e. The molecule has 1 aromatic heterocycles. The summed E-state index contributed by atoms with van der Waals surface area (Å²) in [7, 11) is 0. The highest BCUT2D eigenvalue weighted by Gasteiger charge is 2.36. The van der Waals surface area contributed by atoms with Crippen LogP contribution in [0.4, 0.5) is 0 Å². The summed E-state index contributed by atoms with van der Waals surface area (Å²) in [6.45, 7) is 4.16. The lowest BCUT2D eigenvalue weighted by Gasteiger charge is -2.41. The van der Waals surface area contributed by atoms with Crippen LogP contribution in [0.1, 0.15) is 47.8 Å². The van der Waals surface area contributed by atoms with Gasteiger partial charge in [0.05, 0.1) is 8.66 Å². The largest absolute Gasteiger partial charge is 0.346 e. The van der Waals surface area contributed by atoms with Gasteiger partial charge in [-0.1, -0.05) is 6.92 Å². The molecule has 2 rings (SSSR count). The molecular weight excluding hydrogens is 286 g/mol. The molecule has 1 amide bonds. The summed E-state index contributed by atoms with van der Waals surface area (Å²) in [6.07, 6.45) is 4.52. The first kappa shape index (κ1) is 12.1. The molecule has 1 heterocycles. The van der Waals surface area contributed by atoms with E-state index < -0.39 is 0 Å². The SMILES string of the molecule is CCC1(NC(=O)c2cc(C)c(Br)s2)CCC1. The van der Waals surface area contributed by atoms with E-state index in [2.05, 4.69) is 28.2 Å². The molecule has 1 fully saturated rings. The number of hydrogen-bond acceptors (Lipinski definition) is 2. The Morgan fingerprint density at radius 1 is 1.62 bits per heavy atom. The van der Waals surface area contributed by atoms with Crippen molar-refractivity contribution in [1.82, 2.24) is 5.32 Å². The molecule has 0 aromatic carbocycles. The zero-order valence-corrected chi connectivity index (χ0v) is 12.0. The Kier molecular flexibility index (Phi) is 3.40. The van der Waals surface area contributed by atoms with Crippen molar-refractivity contribution in [3.05, 3.63) is 20.3 Å². The number of carbonyl (C=O) groups excluding carboxylic acids is 1. The van der Waals surface area contributed by atoms with Crippen LogP contribution < -0.4 is 5.32 Å². The Balaban J connectivity index is 2.08. The molecule has 0 bridgehead atoms. The van der Waals surface area contributed by atoms with Gasteiger partial charge in [-0.25, -0.2) is 0 Å². The zero-order chi connectivity index (χ0) is 11.8. The molecule has 4 heteroatoms. The third-order valence-electron chi connectivity index (χ3n) is 3.45. The number of halogens is 1. The molecule has 0 unspecified atom stereocenters. The minimum absolute atomic E-state index is 0.0837. The maximum absolute atomic E-state index is 12.1. The van der Waals surface area contributed by atoms with E-state index in [1.54, 1.807) is 0 Å². The maximum atomic E-state index is 12.1. The number of thiophene rings is 1. The molecule has 16 heavy (non-hydrogen) atoms. The Bertz CT molecular complexity index is 384. The maximum Gasteiger partial charge on any atom is 0.261 e. The Morgan fingerprint density at radius 3 is 2.69 bits per heavy atom. The van der Waals surface area contributed by atoms with Gasteiger partial charge in [0.15, 0.2) is 0 Å². The second-order valence-electron chi connectivity index (χ2n) is 4.51. The van der Waals surface area contributed by atoms with Crippen molar-refractivity contribution in [2.75, 3.05) is 0 Å². The smallest absolute Gasteiger partial charge is 0.261 e. The first-order valence-electron chi connectivity index (χ1n) is 5.65. The number of nitrogens with one attached hydrogen (secondary N) is 1. The van der Waals surface area contributed by atoms with Gasteiger partial charge >= 0.3 is 0 Å². The average Bonchev–Trinajstić information content (AvgIpc) is 2.53. The van der Waals surface area contributed by atoms with Crippen LogP contribution in [-0.2, 0) is 0 Å². The van der Waals surface area contributed by atoms with E-state index in [1.807, 2.05) is 13.0 Å². The standard InChI is InChI=1S/C12H16BrNOS/c1-3-12(5-4-6-12)14-11(15)9-7-8(2)10(13)16-9/h7H,3-6H2,1-2H3,(H,14,15). The van der Waals surface area contributed by atoms with Crippen molar-refractivity contribution < 1.29 is 4.79 Å². The van der Waals surface area contributed by atoms with Gasteiger partial charge in [-0.2, -0.15) is 0 Å². The van der Waals surface area contributed by atoms with Gasteiger partial charge in [0.25, 0.3) is 5.91 Å². The third-order valence-corrected chi connectivity index (χ3v) is 5.58. The van der Waals surface area contributed by atoms with Crippen LogP contribution in [0.15, 0.2) is 9.85 Å². The van der Waals surface area contributed by atoms with E-state index >= 15 is 0 Å². The normalized spacial score (nSPS) is 17.9. The zero-order valence-electron chi connectivity index (χ0n) is 9.60. The second kappa shape index (κ2) is 4.49. The molecular formula is C12H16BrNOS.